The fraction of sp³-hybridized carbons (Fsp3) is 0.714. The summed E-state index contributed by atoms with van der Waals surface area (Å²) in [7, 11) is 0. The Morgan fingerprint density at radius 1 is 1.33 bits per heavy atom. The molecule has 0 bridgehead atoms. The van der Waals surface area contributed by atoms with E-state index in [0.717, 1.165) is 17.4 Å². The van der Waals surface area contributed by atoms with E-state index in [1.807, 2.05) is 0 Å². The van der Waals surface area contributed by atoms with Gasteiger partial charge in [0.1, 0.15) is 12.1 Å². The molecule has 1 aromatic rings. The minimum atomic E-state index is 0.434. The Balaban J connectivity index is 2.05. The highest BCUT2D eigenvalue weighted by molar-refractivity contribution is 6.18. The van der Waals surface area contributed by atoms with E-state index in [1.165, 1.54) is 25.7 Å². The summed E-state index contributed by atoms with van der Waals surface area (Å²) in [5, 5.41) is 3.54. The third-order valence-corrected chi connectivity index (χ3v) is 4.12. The molecule has 0 saturated heterocycles. The van der Waals surface area contributed by atoms with Crippen molar-refractivity contribution in [3.63, 3.8) is 0 Å². The van der Waals surface area contributed by atoms with Gasteiger partial charge in [-0.05, 0) is 24.7 Å². The number of nitrogens with one attached hydrogen (secondary N) is 1. The first-order valence-electron chi connectivity index (χ1n) is 6.85. The molecule has 1 N–H and O–H groups in total. The van der Waals surface area contributed by atoms with Crippen LogP contribution in [0.15, 0.2) is 12.4 Å². The van der Waals surface area contributed by atoms with Gasteiger partial charge in [0.05, 0.1) is 0 Å². The third kappa shape index (κ3) is 3.35. The molecule has 0 spiro atoms. The SMILES string of the molecule is CC(C)c1cc(NC2CCCCC2CCl)ncn1. The minimum Gasteiger partial charge on any atom is -0.367 e. The number of anilines is 1. The lowest BCUT2D eigenvalue weighted by molar-refractivity contribution is 0.352. The normalized spacial score (nSPS) is 24.2. The van der Waals surface area contributed by atoms with Gasteiger partial charge in [-0.15, -0.1) is 11.6 Å². The molecule has 0 aromatic carbocycles. The van der Waals surface area contributed by atoms with Gasteiger partial charge in [0.2, 0.25) is 0 Å². The molecule has 2 rings (SSSR count). The zero-order valence-corrected chi connectivity index (χ0v) is 12.0. The predicted octanol–water partition coefficient (Wildman–Crippen LogP) is 3.81. The molecule has 2 unspecified atom stereocenters. The lowest BCUT2D eigenvalue weighted by Crippen LogP contribution is -2.33. The van der Waals surface area contributed by atoms with Crippen LogP contribution in [0.5, 0.6) is 0 Å². The van der Waals surface area contributed by atoms with Crippen LogP contribution in [0.4, 0.5) is 5.82 Å². The van der Waals surface area contributed by atoms with Gasteiger partial charge in [-0.2, -0.15) is 0 Å². The van der Waals surface area contributed by atoms with E-state index < -0.39 is 0 Å². The minimum absolute atomic E-state index is 0.434. The largest absolute Gasteiger partial charge is 0.367 e. The van der Waals surface area contributed by atoms with Crippen molar-refractivity contribution in [1.29, 1.82) is 0 Å². The molecule has 1 fully saturated rings. The zero-order chi connectivity index (χ0) is 13.0. The molecule has 1 aliphatic carbocycles. The van der Waals surface area contributed by atoms with Crippen LogP contribution in [0.2, 0.25) is 0 Å². The molecule has 100 valence electrons. The molecule has 2 atom stereocenters. The molecule has 4 heteroatoms. The number of nitrogens with zero attached hydrogens (tertiary/aromatic N) is 2. The van der Waals surface area contributed by atoms with Crippen LogP contribution >= 0.6 is 11.6 Å². The maximum Gasteiger partial charge on any atom is 0.129 e. The Morgan fingerprint density at radius 3 is 2.83 bits per heavy atom. The van der Waals surface area contributed by atoms with Crippen LogP contribution in [0.3, 0.4) is 0 Å². The fourth-order valence-electron chi connectivity index (χ4n) is 2.54. The Hall–Kier alpha value is -0.830. The summed E-state index contributed by atoms with van der Waals surface area (Å²) in [6, 6.07) is 2.52. The second-order valence-electron chi connectivity index (χ2n) is 5.43. The van der Waals surface area contributed by atoms with E-state index in [2.05, 4.69) is 35.2 Å². The van der Waals surface area contributed by atoms with Crippen LogP contribution in [0.25, 0.3) is 0 Å². The second-order valence-corrected chi connectivity index (χ2v) is 5.74. The van der Waals surface area contributed by atoms with Crippen molar-refractivity contribution in [3.8, 4) is 0 Å². The molecule has 1 saturated carbocycles. The first-order chi connectivity index (χ1) is 8.70. The number of aromatic nitrogens is 2. The van der Waals surface area contributed by atoms with Crippen molar-refractivity contribution in [3.05, 3.63) is 18.1 Å². The van der Waals surface area contributed by atoms with E-state index in [4.69, 9.17) is 11.6 Å². The Kier molecular flexibility index (Phi) is 4.81. The smallest absolute Gasteiger partial charge is 0.129 e. The molecular formula is C14H22ClN3. The number of halogens is 1. The van der Waals surface area contributed by atoms with Crippen molar-refractivity contribution in [2.45, 2.75) is 51.5 Å². The predicted molar refractivity (Wildman–Crippen MR) is 76.2 cm³/mol. The standard InChI is InChI=1S/C14H22ClN3/c1-10(2)13-7-14(17-9-16-13)18-12-6-4-3-5-11(12)8-15/h7,9-12H,3-6,8H2,1-2H3,(H,16,17,18). The summed E-state index contributed by atoms with van der Waals surface area (Å²) in [5.74, 6) is 2.68. The quantitative estimate of drug-likeness (QED) is 0.843. The number of hydrogen-bond acceptors (Lipinski definition) is 3. The second kappa shape index (κ2) is 6.37. The summed E-state index contributed by atoms with van der Waals surface area (Å²) >= 11 is 6.05. The van der Waals surface area contributed by atoms with Crippen LogP contribution in [0.1, 0.15) is 51.1 Å². The van der Waals surface area contributed by atoms with Gasteiger partial charge in [-0.3, -0.25) is 0 Å². The van der Waals surface area contributed by atoms with Crippen molar-refractivity contribution in [1.82, 2.24) is 9.97 Å². The zero-order valence-electron chi connectivity index (χ0n) is 11.2. The van der Waals surface area contributed by atoms with E-state index in [1.54, 1.807) is 6.33 Å². The molecule has 1 heterocycles. The molecule has 18 heavy (non-hydrogen) atoms. The summed E-state index contributed by atoms with van der Waals surface area (Å²) in [6.45, 7) is 4.29. The fourth-order valence-corrected chi connectivity index (χ4v) is 2.91. The molecule has 1 aliphatic rings. The average molecular weight is 268 g/mol. The highest BCUT2D eigenvalue weighted by Gasteiger charge is 2.24. The first-order valence-corrected chi connectivity index (χ1v) is 7.38. The Labute approximate surface area is 114 Å². The lowest BCUT2D eigenvalue weighted by atomic mass is 9.86. The Morgan fingerprint density at radius 2 is 2.11 bits per heavy atom. The molecule has 3 nitrogen and oxygen atoms in total. The van der Waals surface area contributed by atoms with Gasteiger partial charge in [-0.25, -0.2) is 9.97 Å². The average Bonchev–Trinajstić information content (AvgIpc) is 2.39. The highest BCUT2D eigenvalue weighted by atomic mass is 35.5. The first kappa shape index (κ1) is 13.6. The topological polar surface area (TPSA) is 37.8 Å². The summed E-state index contributed by atoms with van der Waals surface area (Å²) in [5.41, 5.74) is 1.09. The van der Waals surface area contributed by atoms with Gasteiger partial charge < -0.3 is 5.32 Å². The van der Waals surface area contributed by atoms with Crippen LogP contribution < -0.4 is 5.32 Å². The summed E-state index contributed by atoms with van der Waals surface area (Å²) in [4.78, 5) is 8.61. The summed E-state index contributed by atoms with van der Waals surface area (Å²) < 4.78 is 0. The Bertz CT molecular complexity index is 381. The molecule has 1 aromatic heterocycles. The maximum atomic E-state index is 6.05. The number of rotatable bonds is 4. The van der Waals surface area contributed by atoms with Gasteiger partial charge in [0.15, 0.2) is 0 Å². The highest BCUT2D eigenvalue weighted by Crippen LogP contribution is 2.28. The summed E-state index contributed by atoms with van der Waals surface area (Å²) in [6.07, 6.45) is 6.65. The van der Waals surface area contributed by atoms with Gasteiger partial charge >= 0.3 is 0 Å². The monoisotopic (exact) mass is 267 g/mol. The van der Waals surface area contributed by atoms with E-state index in [9.17, 15) is 0 Å². The van der Waals surface area contributed by atoms with Crippen molar-refractivity contribution >= 4 is 17.4 Å². The van der Waals surface area contributed by atoms with Gasteiger partial charge in [-0.1, -0.05) is 26.7 Å². The number of hydrogen-bond donors (Lipinski definition) is 1. The van der Waals surface area contributed by atoms with Crippen molar-refractivity contribution < 1.29 is 0 Å². The van der Waals surface area contributed by atoms with E-state index in [-0.39, 0.29) is 0 Å². The maximum absolute atomic E-state index is 6.05. The van der Waals surface area contributed by atoms with Crippen LogP contribution in [0, 0.1) is 5.92 Å². The van der Waals surface area contributed by atoms with E-state index >= 15 is 0 Å². The lowest BCUT2D eigenvalue weighted by Gasteiger charge is -2.31. The van der Waals surface area contributed by atoms with Gasteiger partial charge in [0, 0.05) is 23.7 Å². The van der Waals surface area contributed by atoms with Crippen molar-refractivity contribution in [2.75, 3.05) is 11.2 Å². The van der Waals surface area contributed by atoms with Gasteiger partial charge in [0.25, 0.3) is 0 Å². The molecule has 0 amide bonds. The molecule has 0 aliphatic heterocycles. The van der Waals surface area contributed by atoms with E-state index in [0.29, 0.717) is 17.9 Å². The molecular weight excluding hydrogens is 246 g/mol. The number of alkyl halides is 1. The van der Waals surface area contributed by atoms with Crippen molar-refractivity contribution in [2.24, 2.45) is 5.92 Å². The molecule has 0 radical (unpaired) electrons. The third-order valence-electron chi connectivity index (χ3n) is 3.72. The van der Waals surface area contributed by atoms with Crippen LogP contribution in [-0.4, -0.2) is 21.9 Å². The van der Waals surface area contributed by atoms with Crippen LogP contribution in [-0.2, 0) is 0 Å².